The maximum absolute atomic E-state index is 9.47. The van der Waals surface area contributed by atoms with Crippen molar-refractivity contribution in [2.75, 3.05) is 0 Å². The van der Waals surface area contributed by atoms with E-state index < -0.39 is 0 Å². The molecule has 1 aromatic rings. The third kappa shape index (κ3) is 1.14. The van der Waals surface area contributed by atoms with Crippen LogP contribution in [0.2, 0.25) is 0 Å². The van der Waals surface area contributed by atoms with Crippen molar-refractivity contribution >= 4 is 0 Å². The molecule has 0 saturated heterocycles. The zero-order valence-corrected chi connectivity index (χ0v) is 6.22. The average molecular weight is 153 g/mol. The lowest BCUT2D eigenvalue weighted by Gasteiger charge is -2.13. The maximum Gasteiger partial charge on any atom is 0.137 e. The third-order valence-corrected chi connectivity index (χ3v) is 2.22. The second kappa shape index (κ2) is 2.62. The van der Waals surface area contributed by atoms with Gasteiger partial charge in [-0.1, -0.05) is 0 Å². The number of aliphatic hydroxyl groups excluding tert-OH is 1. The predicted molar refractivity (Wildman–Crippen MR) is 38.9 cm³/mol. The molecular formula is C7H11N3O. The van der Waals surface area contributed by atoms with Crippen molar-refractivity contribution in [3.63, 3.8) is 0 Å². The Labute approximate surface area is 64.9 Å². The highest BCUT2D eigenvalue weighted by atomic mass is 16.3. The Balaban J connectivity index is 2.16. The predicted octanol–water partition coefficient (Wildman–Crippen LogP) is 0.364. The number of rotatable bonds is 1. The van der Waals surface area contributed by atoms with Crippen LogP contribution < -0.4 is 0 Å². The molecule has 0 spiro atoms. The first-order valence-electron chi connectivity index (χ1n) is 3.90. The first-order chi connectivity index (χ1) is 5.38. The van der Waals surface area contributed by atoms with Crippen LogP contribution >= 0.6 is 0 Å². The van der Waals surface area contributed by atoms with E-state index in [0.717, 1.165) is 19.3 Å². The molecule has 0 amide bonds. The van der Waals surface area contributed by atoms with E-state index in [1.165, 1.54) is 6.33 Å². The summed E-state index contributed by atoms with van der Waals surface area (Å²) in [6.07, 6.45) is 5.95. The molecule has 0 unspecified atom stereocenters. The van der Waals surface area contributed by atoms with Gasteiger partial charge in [-0.15, -0.1) is 0 Å². The van der Waals surface area contributed by atoms with Gasteiger partial charge in [0, 0.05) is 0 Å². The van der Waals surface area contributed by atoms with Gasteiger partial charge in [-0.2, -0.15) is 5.10 Å². The molecule has 1 saturated carbocycles. The van der Waals surface area contributed by atoms with Gasteiger partial charge >= 0.3 is 0 Å². The molecule has 4 nitrogen and oxygen atoms in total. The summed E-state index contributed by atoms with van der Waals surface area (Å²) >= 11 is 0. The van der Waals surface area contributed by atoms with Gasteiger partial charge in [0.05, 0.1) is 12.1 Å². The minimum absolute atomic E-state index is 0.164. The molecule has 0 aromatic carbocycles. The highest BCUT2D eigenvalue weighted by Crippen LogP contribution is 2.28. The SMILES string of the molecule is O[C@H]1CCC[C@@H]1n1cncn1. The van der Waals surface area contributed by atoms with Crippen LogP contribution in [-0.2, 0) is 0 Å². The van der Waals surface area contributed by atoms with Gasteiger partial charge in [0.15, 0.2) is 0 Å². The second-order valence-corrected chi connectivity index (χ2v) is 2.94. The van der Waals surface area contributed by atoms with Crippen LogP contribution in [0.1, 0.15) is 25.3 Å². The topological polar surface area (TPSA) is 50.9 Å². The number of nitrogens with zero attached hydrogens (tertiary/aromatic N) is 3. The number of aromatic nitrogens is 3. The molecule has 2 atom stereocenters. The standard InChI is InChI=1S/C7H11N3O/c11-7-3-1-2-6(7)10-5-8-4-9-10/h4-7,11H,1-3H2/t6-,7-/m0/s1. The summed E-state index contributed by atoms with van der Waals surface area (Å²) in [5.74, 6) is 0. The van der Waals surface area contributed by atoms with Gasteiger partial charge < -0.3 is 5.11 Å². The zero-order chi connectivity index (χ0) is 7.68. The Hall–Kier alpha value is -0.900. The van der Waals surface area contributed by atoms with E-state index in [4.69, 9.17) is 0 Å². The summed E-state index contributed by atoms with van der Waals surface area (Å²) in [4.78, 5) is 3.84. The molecule has 1 N–H and O–H groups in total. The molecule has 0 radical (unpaired) electrons. The lowest BCUT2D eigenvalue weighted by Crippen LogP contribution is -2.18. The quantitative estimate of drug-likeness (QED) is 0.634. The van der Waals surface area contributed by atoms with Gasteiger partial charge in [-0.3, -0.25) is 0 Å². The molecule has 60 valence electrons. The maximum atomic E-state index is 9.47. The molecule has 11 heavy (non-hydrogen) atoms. The van der Waals surface area contributed by atoms with Crippen molar-refractivity contribution in [2.45, 2.75) is 31.4 Å². The van der Waals surface area contributed by atoms with Crippen molar-refractivity contribution in [3.8, 4) is 0 Å². The van der Waals surface area contributed by atoms with E-state index in [-0.39, 0.29) is 12.1 Å². The highest BCUT2D eigenvalue weighted by Gasteiger charge is 2.26. The lowest BCUT2D eigenvalue weighted by molar-refractivity contribution is 0.130. The highest BCUT2D eigenvalue weighted by molar-refractivity contribution is 4.81. The van der Waals surface area contributed by atoms with Crippen LogP contribution in [0.25, 0.3) is 0 Å². The molecule has 0 aliphatic heterocycles. The number of hydrogen-bond donors (Lipinski definition) is 1. The molecule has 1 aliphatic carbocycles. The summed E-state index contributed by atoms with van der Waals surface area (Å²) in [5.41, 5.74) is 0. The number of hydrogen-bond acceptors (Lipinski definition) is 3. The first kappa shape index (κ1) is 6.79. The van der Waals surface area contributed by atoms with Crippen LogP contribution in [0.5, 0.6) is 0 Å². The monoisotopic (exact) mass is 153 g/mol. The van der Waals surface area contributed by atoms with Crippen molar-refractivity contribution < 1.29 is 5.11 Å². The van der Waals surface area contributed by atoms with Gasteiger partial charge in [0.25, 0.3) is 0 Å². The molecule has 1 aliphatic rings. The van der Waals surface area contributed by atoms with Crippen molar-refractivity contribution in [3.05, 3.63) is 12.7 Å². The fourth-order valence-corrected chi connectivity index (χ4v) is 1.62. The van der Waals surface area contributed by atoms with Gasteiger partial charge in [0.2, 0.25) is 0 Å². The summed E-state index contributed by atoms with van der Waals surface area (Å²) in [6, 6.07) is 0.164. The van der Waals surface area contributed by atoms with Crippen LogP contribution in [0.15, 0.2) is 12.7 Å². The van der Waals surface area contributed by atoms with Crippen LogP contribution in [0.4, 0.5) is 0 Å². The van der Waals surface area contributed by atoms with E-state index in [0.29, 0.717) is 0 Å². The normalized spacial score (nSPS) is 31.0. The first-order valence-corrected chi connectivity index (χ1v) is 3.90. The Kier molecular flexibility index (Phi) is 1.62. The van der Waals surface area contributed by atoms with Gasteiger partial charge in [-0.05, 0) is 19.3 Å². The fraction of sp³-hybridized carbons (Fsp3) is 0.714. The van der Waals surface area contributed by atoms with Crippen LogP contribution in [-0.4, -0.2) is 26.0 Å². The Bertz CT molecular complexity index is 222. The molecule has 4 heteroatoms. The van der Waals surface area contributed by atoms with E-state index >= 15 is 0 Å². The van der Waals surface area contributed by atoms with E-state index in [2.05, 4.69) is 10.1 Å². The molecule has 1 aromatic heterocycles. The minimum Gasteiger partial charge on any atom is -0.391 e. The van der Waals surface area contributed by atoms with Gasteiger partial charge in [0.1, 0.15) is 12.7 Å². The molecule has 1 fully saturated rings. The second-order valence-electron chi connectivity index (χ2n) is 2.94. The lowest BCUT2D eigenvalue weighted by atomic mass is 10.2. The molecule has 2 rings (SSSR count). The third-order valence-electron chi connectivity index (χ3n) is 2.22. The molecular weight excluding hydrogens is 142 g/mol. The smallest absolute Gasteiger partial charge is 0.137 e. The van der Waals surface area contributed by atoms with E-state index in [1.807, 2.05) is 0 Å². The van der Waals surface area contributed by atoms with Crippen LogP contribution in [0.3, 0.4) is 0 Å². The Morgan fingerprint density at radius 1 is 1.45 bits per heavy atom. The van der Waals surface area contributed by atoms with Crippen molar-refractivity contribution in [1.29, 1.82) is 0 Å². The Morgan fingerprint density at radius 3 is 2.91 bits per heavy atom. The van der Waals surface area contributed by atoms with Crippen LogP contribution in [0, 0.1) is 0 Å². The summed E-state index contributed by atoms with van der Waals surface area (Å²) in [5, 5.41) is 13.5. The summed E-state index contributed by atoms with van der Waals surface area (Å²) < 4.78 is 1.75. The molecule has 0 bridgehead atoms. The number of aliphatic hydroxyl groups is 1. The van der Waals surface area contributed by atoms with Gasteiger partial charge in [-0.25, -0.2) is 9.67 Å². The summed E-state index contributed by atoms with van der Waals surface area (Å²) in [7, 11) is 0. The van der Waals surface area contributed by atoms with E-state index in [1.54, 1.807) is 11.0 Å². The van der Waals surface area contributed by atoms with E-state index in [9.17, 15) is 5.11 Å². The fourth-order valence-electron chi connectivity index (χ4n) is 1.62. The van der Waals surface area contributed by atoms with Crippen molar-refractivity contribution in [1.82, 2.24) is 14.8 Å². The Morgan fingerprint density at radius 2 is 2.36 bits per heavy atom. The zero-order valence-electron chi connectivity index (χ0n) is 6.22. The molecule has 1 heterocycles. The largest absolute Gasteiger partial charge is 0.391 e. The average Bonchev–Trinajstić information content (AvgIpc) is 2.55. The van der Waals surface area contributed by atoms with Crippen molar-refractivity contribution in [2.24, 2.45) is 0 Å². The summed E-state index contributed by atoms with van der Waals surface area (Å²) in [6.45, 7) is 0. The minimum atomic E-state index is -0.225.